The van der Waals surface area contributed by atoms with Crippen molar-refractivity contribution in [3.8, 4) is 0 Å². The summed E-state index contributed by atoms with van der Waals surface area (Å²) in [5, 5.41) is 3.90. The van der Waals surface area contributed by atoms with Crippen LogP contribution in [0.4, 0.5) is 0 Å². The van der Waals surface area contributed by atoms with Crippen molar-refractivity contribution in [1.82, 2.24) is 5.32 Å². The molecular formula is C14H15Cl2NO2. The Morgan fingerprint density at radius 3 is 3.00 bits per heavy atom. The lowest BCUT2D eigenvalue weighted by atomic mass is 10.2. The van der Waals surface area contributed by atoms with Crippen LogP contribution in [-0.4, -0.2) is 25.2 Å². The Labute approximate surface area is 122 Å². The van der Waals surface area contributed by atoms with Crippen LogP contribution >= 0.6 is 23.2 Å². The molecular weight excluding hydrogens is 285 g/mol. The molecule has 0 radical (unpaired) electrons. The summed E-state index contributed by atoms with van der Waals surface area (Å²) in [4.78, 5) is 11.6. The van der Waals surface area contributed by atoms with Gasteiger partial charge in [-0.15, -0.1) is 0 Å². The molecule has 0 aromatic heterocycles. The van der Waals surface area contributed by atoms with Gasteiger partial charge in [0.1, 0.15) is 0 Å². The van der Waals surface area contributed by atoms with Gasteiger partial charge >= 0.3 is 0 Å². The number of rotatable bonds is 4. The Hall–Kier alpha value is -1.03. The Bertz CT molecular complexity index is 482. The minimum Gasteiger partial charge on any atom is -0.376 e. The molecule has 1 aromatic carbocycles. The van der Waals surface area contributed by atoms with E-state index < -0.39 is 0 Å². The lowest BCUT2D eigenvalue weighted by molar-refractivity contribution is -0.116. The molecule has 0 unspecified atom stereocenters. The van der Waals surface area contributed by atoms with Gasteiger partial charge in [0.15, 0.2) is 0 Å². The van der Waals surface area contributed by atoms with E-state index in [0.29, 0.717) is 16.6 Å². The first kappa shape index (κ1) is 14.4. The van der Waals surface area contributed by atoms with Crippen LogP contribution in [-0.2, 0) is 9.53 Å². The van der Waals surface area contributed by atoms with Gasteiger partial charge in [0.25, 0.3) is 0 Å². The van der Waals surface area contributed by atoms with Crippen molar-refractivity contribution in [2.75, 3.05) is 13.2 Å². The lowest BCUT2D eigenvalue weighted by Crippen LogP contribution is -2.30. The van der Waals surface area contributed by atoms with E-state index in [4.69, 9.17) is 27.9 Å². The number of benzene rings is 1. The molecule has 1 amide bonds. The molecule has 1 saturated heterocycles. The van der Waals surface area contributed by atoms with Gasteiger partial charge in [-0.05, 0) is 36.6 Å². The van der Waals surface area contributed by atoms with Gasteiger partial charge in [0, 0.05) is 29.3 Å². The van der Waals surface area contributed by atoms with Gasteiger partial charge in [-0.2, -0.15) is 0 Å². The first-order valence-electron chi connectivity index (χ1n) is 6.18. The third-order valence-corrected chi connectivity index (χ3v) is 3.47. The van der Waals surface area contributed by atoms with Crippen molar-refractivity contribution in [3.05, 3.63) is 39.9 Å². The van der Waals surface area contributed by atoms with Gasteiger partial charge in [0.05, 0.1) is 6.10 Å². The Kier molecular flexibility index (Phi) is 5.25. The highest BCUT2D eigenvalue weighted by atomic mass is 35.5. The minimum atomic E-state index is -0.151. The molecule has 0 bridgehead atoms. The zero-order valence-corrected chi connectivity index (χ0v) is 11.9. The van der Waals surface area contributed by atoms with E-state index in [1.165, 1.54) is 6.08 Å². The summed E-state index contributed by atoms with van der Waals surface area (Å²) < 4.78 is 5.42. The summed E-state index contributed by atoms with van der Waals surface area (Å²) in [6, 6.07) is 5.15. The van der Waals surface area contributed by atoms with E-state index in [9.17, 15) is 4.79 Å². The number of ether oxygens (including phenoxy) is 1. The maximum atomic E-state index is 11.6. The van der Waals surface area contributed by atoms with Crippen LogP contribution in [0.3, 0.4) is 0 Å². The van der Waals surface area contributed by atoms with Crippen molar-refractivity contribution < 1.29 is 9.53 Å². The van der Waals surface area contributed by atoms with E-state index in [2.05, 4.69) is 5.32 Å². The van der Waals surface area contributed by atoms with Gasteiger partial charge in [0.2, 0.25) is 5.91 Å². The Morgan fingerprint density at radius 2 is 2.32 bits per heavy atom. The monoisotopic (exact) mass is 299 g/mol. The predicted octanol–water partition coefficient (Wildman–Crippen LogP) is 3.30. The minimum absolute atomic E-state index is 0.150. The first-order chi connectivity index (χ1) is 9.15. The summed E-state index contributed by atoms with van der Waals surface area (Å²) >= 11 is 11.8. The van der Waals surface area contributed by atoms with Gasteiger partial charge < -0.3 is 10.1 Å². The fourth-order valence-electron chi connectivity index (χ4n) is 1.88. The smallest absolute Gasteiger partial charge is 0.244 e. The van der Waals surface area contributed by atoms with Crippen LogP contribution in [0.1, 0.15) is 18.4 Å². The molecule has 19 heavy (non-hydrogen) atoms. The average Bonchev–Trinajstić information content (AvgIpc) is 2.88. The number of hydrogen-bond donors (Lipinski definition) is 1. The quantitative estimate of drug-likeness (QED) is 0.866. The molecule has 1 atom stereocenters. The highest BCUT2D eigenvalue weighted by Crippen LogP contribution is 2.21. The largest absolute Gasteiger partial charge is 0.376 e. The predicted molar refractivity (Wildman–Crippen MR) is 77.5 cm³/mol. The second-order valence-corrected chi connectivity index (χ2v) is 5.22. The van der Waals surface area contributed by atoms with Gasteiger partial charge in [-0.1, -0.05) is 29.3 Å². The highest BCUT2D eigenvalue weighted by molar-refractivity contribution is 6.35. The molecule has 1 heterocycles. The summed E-state index contributed by atoms with van der Waals surface area (Å²) in [5.74, 6) is -0.151. The van der Waals surface area contributed by atoms with E-state index in [1.807, 2.05) is 0 Å². The molecule has 1 aromatic rings. The number of carbonyl (C=O) groups excluding carboxylic acids is 1. The topological polar surface area (TPSA) is 38.3 Å². The molecule has 1 N–H and O–H groups in total. The average molecular weight is 300 g/mol. The number of carbonyl (C=O) groups is 1. The van der Waals surface area contributed by atoms with Crippen LogP contribution in [0.2, 0.25) is 10.0 Å². The Balaban J connectivity index is 1.85. The molecule has 0 saturated carbocycles. The van der Waals surface area contributed by atoms with Crippen LogP contribution in [0, 0.1) is 0 Å². The van der Waals surface area contributed by atoms with Crippen LogP contribution in [0.25, 0.3) is 6.08 Å². The number of amides is 1. The normalized spacial score (nSPS) is 18.9. The van der Waals surface area contributed by atoms with Crippen LogP contribution in [0.5, 0.6) is 0 Å². The summed E-state index contributed by atoms with van der Waals surface area (Å²) in [5.41, 5.74) is 0.762. The van der Waals surface area contributed by atoms with Crippen molar-refractivity contribution in [2.45, 2.75) is 18.9 Å². The molecule has 5 heteroatoms. The van der Waals surface area contributed by atoms with Gasteiger partial charge in [-0.25, -0.2) is 0 Å². The second-order valence-electron chi connectivity index (χ2n) is 4.38. The van der Waals surface area contributed by atoms with Gasteiger partial charge in [-0.3, -0.25) is 4.79 Å². The molecule has 102 valence electrons. The summed E-state index contributed by atoms with van der Waals surface area (Å²) in [7, 11) is 0. The SMILES string of the molecule is O=C(/C=C/c1ccc(Cl)cc1Cl)NC[C@H]1CCCO1. The maximum Gasteiger partial charge on any atom is 0.244 e. The molecule has 1 fully saturated rings. The van der Waals surface area contributed by atoms with Crippen LogP contribution < -0.4 is 5.32 Å². The molecule has 1 aliphatic heterocycles. The Morgan fingerprint density at radius 1 is 1.47 bits per heavy atom. The second kappa shape index (κ2) is 6.94. The van der Waals surface area contributed by atoms with Crippen molar-refractivity contribution in [1.29, 1.82) is 0 Å². The molecule has 0 aliphatic carbocycles. The summed E-state index contributed by atoms with van der Waals surface area (Å²) in [6.45, 7) is 1.34. The molecule has 2 rings (SSSR count). The lowest BCUT2D eigenvalue weighted by Gasteiger charge is -2.08. The van der Waals surface area contributed by atoms with Crippen molar-refractivity contribution in [3.63, 3.8) is 0 Å². The van der Waals surface area contributed by atoms with Crippen molar-refractivity contribution >= 4 is 35.2 Å². The maximum absolute atomic E-state index is 11.6. The highest BCUT2D eigenvalue weighted by Gasteiger charge is 2.15. The van der Waals surface area contributed by atoms with E-state index in [-0.39, 0.29) is 12.0 Å². The first-order valence-corrected chi connectivity index (χ1v) is 6.93. The summed E-state index contributed by atoms with van der Waals surface area (Å²) in [6.07, 6.45) is 5.36. The standard InChI is InChI=1S/C14H15Cl2NO2/c15-11-5-3-10(13(16)8-11)4-6-14(18)17-9-12-2-1-7-19-12/h3-6,8,12H,1-2,7,9H2,(H,17,18)/b6-4+/t12-/m1/s1. The van der Waals surface area contributed by atoms with Crippen LogP contribution in [0.15, 0.2) is 24.3 Å². The fraction of sp³-hybridized carbons (Fsp3) is 0.357. The van der Waals surface area contributed by atoms with E-state index >= 15 is 0 Å². The molecule has 1 aliphatic rings. The number of halogens is 2. The molecule has 0 spiro atoms. The zero-order valence-electron chi connectivity index (χ0n) is 10.4. The zero-order chi connectivity index (χ0) is 13.7. The third kappa shape index (κ3) is 4.53. The van der Waals surface area contributed by atoms with Crippen molar-refractivity contribution in [2.24, 2.45) is 0 Å². The number of hydrogen-bond acceptors (Lipinski definition) is 2. The number of nitrogens with one attached hydrogen (secondary N) is 1. The molecule has 3 nitrogen and oxygen atoms in total. The van der Waals surface area contributed by atoms with E-state index in [1.54, 1.807) is 24.3 Å². The fourth-order valence-corrected chi connectivity index (χ4v) is 2.35. The van der Waals surface area contributed by atoms with E-state index in [0.717, 1.165) is 25.0 Å². The third-order valence-electron chi connectivity index (χ3n) is 2.90.